The van der Waals surface area contributed by atoms with Crippen molar-refractivity contribution in [3.8, 4) is 33.4 Å². The van der Waals surface area contributed by atoms with Gasteiger partial charge in [0.15, 0.2) is 0 Å². The van der Waals surface area contributed by atoms with Crippen molar-refractivity contribution in [1.29, 1.82) is 0 Å². The highest BCUT2D eigenvalue weighted by Crippen LogP contribution is 2.61. The molecule has 1 heterocycles. The Balaban J connectivity index is 1.26. The Kier molecular flexibility index (Phi) is 9.41. The van der Waals surface area contributed by atoms with E-state index in [0.29, 0.717) is 0 Å². The highest BCUT2D eigenvalue weighted by atomic mass is 32.2. The van der Waals surface area contributed by atoms with Crippen molar-refractivity contribution in [2.45, 2.75) is 15.2 Å². The summed E-state index contributed by atoms with van der Waals surface area (Å²) >= 11 is 1.88. The number of fused-ring (bicyclic) bond motifs is 4. The second kappa shape index (κ2) is 15.7. The topological polar surface area (TPSA) is 3.24 Å². The lowest BCUT2D eigenvalue weighted by Crippen LogP contribution is -2.36. The Bertz CT molecular complexity index is 3090. The van der Waals surface area contributed by atoms with Crippen LogP contribution < -0.4 is 4.90 Å². The zero-order valence-corrected chi connectivity index (χ0v) is 34.3. The number of nitrogens with zero attached hydrogens (tertiary/aromatic N) is 1. The fraction of sp³-hybridized carbons (Fsp3) is 0.0169. The van der Waals surface area contributed by atoms with Crippen molar-refractivity contribution in [2.24, 2.45) is 0 Å². The zero-order chi connectivity index (χ0) is 40.6. The van der Waals surface area contributed by atoms with Crippen LogP contribution in [0.3, 0.4) is 0 Å². The second-order valence-corrected chi connectivity index (χ2v) is 16.7. The minimum absolute atomic E-state index is 0.686. The van der Waals surface area contributed by atoms with Gasteiger partial charge in [0.05, 0.1) is 16.8 Å². The molecule has 0 aromatic heterocycles. The smallest absolute Gasteiger partial charge is 0.0750 e. The third-order valence-corrected chi connectivity index (χ3v) is 13.3. The molecule has 0 saturated heterocycles. The van der Waals surface area contributed by atoms with Crippen molar-refractivity contribution in [1.82, 2.24) is 0 Å². The fourth-order valence-electron chi connectivity index (χ4n) is 9.49. The van der Waals surface area contributed by atoms with Crippen LogP contribution >= 0.6 is 11.8 Å². The predicted octanol–water partition coefficient (Wildman–Crippen LogP) is 16.2. The maximum absolute atomic E-state index is 2.53. The molecule has 0 bridgehead atoms. The van der Waals surface area contributed by atoms with Gasteiger partial charge in [-0.2, -0.15) is 0 Å². The Hall–Kier alpha value is -7.39. The molecule has 1 aliphatic heterocycles. The molecule has 1 aliphatic rings. The van der Waals surface area contributed by atoms with Crippen LogP contribution in [0.15, 0.2) is 259 Å². The van der Waals surface area contributed by atoms with Gasteiger partial charge >= 0.3 is 0 Å². The summed E-state index contributed by atoms with van der Waals surface area (Å²) in [5.74, 6) is 0. The summed E-state index contributed by atoms with van der Waals surface area (Å²) < 4.78 is 0. The summed E-state index contributed by atoms with van der Waals surface area (Å²) in [6.07, 6.45) is 0. The lowest BCUT2D eigenvalue weighted by Gasteiger charge is -2.45. The maximum atomic E-state index is 2.53. The summed E-state index contributed by atoms with van der Waals surface area (Å²) in [6.45, 7) is 0. The standard InChI is InChI=1S/C59H41NS/c1-6-19-42(20-7-1)44-33-37-50(38-34-44)60(53-39-35-47(43-21-8-2-9-22-43)41-52(53)45-23-10-3-11-24-45)54-31-18-32-55-58(54)59(48-26-12-4-13-27-48,49-28-14-5-15-29-49)57-51-30-17-16-25-46(51)36-40-56(57)61-55/h1-41H. The van der Waals surface area contributed by atoms with Crippen molar-refractivity contribution in [3.63, 3.8) is 0 Å². The maximum Gasteiger partial charge on any atom is 0.0750 e. The van der Waals surface area contributed by atoms with E-state index in [0.717, 1.165) is 28.2 Å². The first kappa shape index (κ1) is 36.7. The molecule has 1 nitrogen and oxygen atoms in total. The van der Waals surface area contributed by atoms with Crippen LogP contribution in [-0.4, -0.2) is 0 Å². The van der Waals surface area contributed by atoms with Gasteiger partial charge in [0, 0.05) is 26.6 Å². The summed E-state index contributed by atoms with van der Waals surface area (Å²) in [5, 5.41) is 2.49. The largest absolute Gasteiger partial charge is 0.309 e. The molecule has 2 heteroatoms. The van der Waals surface area contributed by atoms with E-state index in [1.54, 1.807) is 0 Å². The first-order valence-corrected chi connectivity index (χ1v) is 21.7. The van der Waals surface area contributed by atoms with Crippen LogP contribution in [0.1, 0.15) is 22.3 Å². The molecule has 0 saturated carbocycles. The molecule has 61 heavy (non-hydrogen) atoms. The molecule has 0 radical (unpaired) electrons. The molecule has 0 amide bonds. The summed E-state index contributed by atoms with van der Waals surface area (Å²) in [4.78, 5) is 5.04. The molecule has 288 valence electrons. The van der Waals surface area contributed by atoms with Gasteiger partial charge in [-0.05, 0) is 97.7 Å². The van der Waals surface area contributed by atoms with Crippen LogP contribution in [0.2, 0.25) is 0 Å². The van der Waals surface area contributed by atoms with Crippen LogP contribution in [0, 0.1) is 0 Å². The average Bonchev–Trinajstić information content (AvgIpc) is 3.35. The van der Waals surface area contributed by atoms with Gasteiger partial charge in [0.2, 0.25) is 0 Å². The first-order valence-electron chi connectivity index (χ1n) is 20.9. The monoisotopic (exact) mass is 795 g/mol. The molecule has 0 aliphatic carbocycles. The van der Waals surface area contributed by atoms with Gasteiger partial charge in [-0.1, -0.05) is 218 Å². The Labute approximate surface area is 362 Å². The van der Waals surface area contributed by atoms with E-state index in [1.807, 2.05) is 11.8 Å². The highest BCUT2D eigenvalue weighted by molar-refractivity contribution is 7.99. The SMILES string of the molecule is c1ccc(-c2ccc(N(c3ccc(-c4ccccc4)cc3-c3ccccc3)c3cccc4c3C(c3ccccc3)(c3ccccc3)c3c(ccc5ccccc35)S4)cc2)cc1. The zero-order valence-electron chi connectivity index (χ0n) is 33.5. The normalized spacial score (nSPS) is 12.7. The molecule has 0 unspecified atom stereocenters. The van der Waals surface area contributed by atoms with E-state index in [-0.39, 0.29) is 0 Å². The molecule has 11 rings (SSSR count). The van der Waals surface area contributed by atoms with Gasteiger partial charge in [-0.3, -0.25) is 0 Å². The molecular weight excluding hydrogens is 755 g/mol. The molecule has 0 atom stereocenters. The molecular formula is C59H41NS. The van der Waals surface area contributed by atoms with Gasteiger partial charge < -0.3 is 4.90 Å². The van der Waals surface area contributed by atoms with Crippen molar-refractivity contribution in [2.75, 3.05) is 4.90 Å². The minimum atomic E-state index is -0.686. The molecule has 10 aromatic carbocycles. The Morgan fingerprint density at radius 3 is 1.48 bits per heavy atom. The molecule has 0 spiro atoms. The molecule has 0 N–H and O–H groups in total. The highest BCUT2D eigenvalue weighted by Gasteiger charge is 2.47. The number of rotatable bonds is 8. The third kappa shape index (κ3) is 6.36. The second-order valence-electron chi connectivity index (χ2n) is 15.6. The fourth-order valence-corrected chi connectivity index (χ4v) is 10.7. The Morgan fingerprint density at radius 2 is 0.836 bits per heavy atom. The van der Waals surface area contributed by atoms with Gasteiger partial charge in [0.25, 0.3) is 0 Å². The first-order chi connectivity index (χ1) is 30.3. The number of benzene rings is 10. The van der Waals surface area contributed by atoms with E-state index < -0.39 is 5.41 Å². The Morgan fingerprint density at radius 1 is 0.328 bits per heavy atom. The van der Waals surface area contributed by atoms with Gasteiger partial charge in [0.1, 0.15) is 0 Å². The average molecular weight is 796 g/mol. The minimum Gasteiger partial charge on any atom is -0.309 e. The van der Waals surface area contributed by atoms with Crippen LogP contribution in [0.4, 0.5) is 17.1 Å². The van der Waals surface area contributed by atoms with Crippen LogP contribution in [-0.2, 0) is 5.41 Å². The lowest BCUT2D eigenvalue weighted by atomic mass is 9.63. The van der Waals surface area contributed by atoms with E-state index >= 15 is 0 Å². The predicted molar refractivity (Wildman–Crippen MR) is 257 cm³/mol. The quantitative estimate of drug-likeness (QED) is 0.151. The van der Waals surface area contributed by atoms with Crippen molar-refractivity contribution < 1.29 is 0 Å². The van der Waals surface area contributed by atoms with E-state index in [1.165, 1.54) is 65.1 Å². The van der Waals surface area contributed by atoms with Crippen LogP contribution in [0.25, 0.3) is 44.2 Å². The summed E-state index contributed by atoms with van der Waals surface area (Å²) in [6, 6.07) is 91.3. The third-order valence-electron chi connectivity index (χ3n) is 12.2. The number of anilines is 3. The number of hydrogen-bond acceptors (Lipinski definition) is 2. The van der Waals surface area contributed by atoms with E-state index in [9.17, 15) is 0 Å². The van der Waals surface area contributed by atoms with Gasteiger partial charge in [-0.15, -0.1) is 0 Å². The van der Waals surface area contributed by atoms with Crippen molar-refractivity contribution in [3.05, 3.63) is 271 Å². The van der Waals surface area contributed by atoms with Crippen LogP contribution in [0.5, 0.6) is 0 Å². The van der Waals surface area contributed by atoms with Crippen molar-refractivity contribution >= 4 is 39.6 Å². The summed E-state index contributed by atoms with van der Waals surface area (Å²) in [5.41, 5.74) is 14.7. The van der Waals surface area contributed by atoms with E-state index in [2.05, 4.69) is 254 Å². The summed E-state index contributed by atoms with van der Waals surface area (Å²) in [7, 11) is 0. The molecule has 0 fully saturated rings. The molecule has 10 aromatic rings. The lowest BCUT2D eigenvalue weighted by molar-refractivity contribution is 0.710. The van der Waals surface area contributed by atoms with E-state index in [4.69, 9.17) is 0 Å². The van der Waals surface area contributed by atoms with Gasteiger partial charge in [-0.25, -0.2) is 0 Å². The number of hydrogen-bond donors (Lipinski definition) is 0.